The fraction of sp³-hybridized carbons (Fsp3) is 0.750. The Bertz CT molecular complexity index is 679. The largest absolute Gasteiger partial charge is 0.483 e. The van der Waals surface area contributed by atoms with Gasteiger partial charge in [-0.15, -0.1) is 10.2 Å². The summed E-state index contributed by atoms with van der Waals surface area (Å²) in [7, 11) is -1.83. The number of methoxy groups -OCH3 is 1. The zero-order valence-corrected chi connectivity index (χ0v) is 15.3. The van der Waals surface area contributed by atoms with Gasteiger partial charge in [-0.3, -0.25) is 9.59 Å². The molecule has 1 fully saturated rings. The van der Waals surface area contributed by atoms with Crippen LogP contribution >= 0.6 is 0 Å². The summed E-state index contributed by atoms with van der Waals surface area (Å²) in [4.78, 5) is 23.3. The Hall–Kier alpha value is -2.16. The van der Waals surface area contributed by atoms with E-state index >= 15 is 0 Å². The maximum Gasteiger partial charge on any atom is 0.290 e. The summed E-state index contributed by atoms with van der Waals surface area (Å²) in [5.74, 6) is 0.0603. The van der Waals surface area contributed by atoms with Crippen LogP contribution < -0.4 is 4.72 Å². The van der Waals surface area contributed by atoms with Crippen molar-refractivity contribution in [1.82, 2.24) is 29.8 Å². The van der Waals surface area contributed by atoms with Gasteiger partial charge in [-0.05, 0) is 5.21 Å². The lowest BCUT2D eigenvalue weighted by molar-refractivity contribution is -0.138. The van der Waals surface area contributed by atoms with Gasteiger partial charge in [0.25, 0.3) is 6.47 Å². The maximum atomic E-state index is 12.0. The first kappa shape index (κ1) is 21.9. The highest BCUT2D eigenvalue weighted by Crippen LogP contribution is 2.18. The third-order valence-corrected chi connectivity index (χ3v) is 3.83. The Kier molecular flexibility index (Phi) is 9.04. The third-order valence-electron chi connectivity index (χ3n) is 3.16. The number of morpholine rings is 1. The van der Waals surface area contributed by atoms with Gasteiger partial charge in [0.15, 0.2) is 0 Å². The molecule has 1 aliphatic rings. The smallest absolute Gasteiger partial charge is 0.290 e. The normalized spacial score (nSPS) is 17.3. The highest BCUT2D eigenvalue weighted by atomic mass is 32.2. The molecule has 0 bridgehead atoms. The van der Waals surface area contributed by atoms with E-state index in [2.05, 4.69) is 20.1 Å². The number of nitrogens with one attached hydrogen (secondary N) is 1. The number of nitrogens with zero attached hydrogens (tertiary/aromatic N) is 5. The summed E-state index contributed by atoms with van der Waals surface area (Å²) >= 11 is 0. The molecule has 13 nitrogen and oxygen atoms in total. The van der Waals surface area contributed by atoms with Crippen LogP contribution in [0.4, 0.5) is 0 Å². The molecular formula is C12H22N6O7S. The van der Waals surface area contributed by atoms with E-state index in [0.717, 1.165) is 6.26 Å². The van der Waals surface area contributed by atoms with Gasteiger partial charge in [-0.1, -0.05) is 0 Å². The summed E-state index contributed by atoms with van der Waals surface area (Å²) in [6.07, 6.45) is 0.521. The minimum absolute atomic E-state index is 0.250. The Balaban J connectivity index is 0.00000105. The van der Waals surface area contributed by atoms with Gasteiger partial charge in [-0.25, -0.2) is 13.1 Å². The van der Waals surface area contributed by atoms with Crippen molar-refractivity contribution in [2.45, 2.75) is 12.6 Å². The first-order valence-corrected chi connectivity index (χ1v) is 9.38. The molecule has 1 saturated heterocycles. The van der Waals surface area contributed by atoms with E-state index in [0.29, 0.717) is 32.1 Å². The fourth-order valence-electron chi connectivity index (χ4n) is 1.99. The molecule has 2 rings (SSSR count). The van der Waals surface area contributed by atoms with Gasteiger partial charge < -0.3 is 19.5 Å². The lowest BCUT2D eigenvalue weighted by Gasteiger charge is -2.31. The second kappa shape index (κ2) is 10.7. The number of carboxylic acid groups (broad SMARTS) is 1. The molecule has 1 unspecified atom stereocenters. The van der Waals surface area contributed by atoms with Gasteiger partial charge in [0.05, 0.1) is 39.1 Å². The minimum atomic E-state index is -3.41. The molecule has 1 amide bonds. The molecule has 1 aromatic rings. The number of carbonyl (C=O) groups is 2. The van der Waals surface area contributed by atoms with Crippen LogP contribution in [-0.4, -0.2) is 97.2 Å². The van der Waals surface area contributed by atoms with Crippen molar-refractivity contribution in [3.8, 4) is 0 Å². The Morgan fingerprint density at radius 1 is 1.54 bits per heavy atom. The zero-order chi connectivity index (χ0) is 19.6. The van der Waals surface area contributed by atoms with E-state index in [1.807, 2.05) is 0 Å². The number of hydrogen-bond donors (Lipinski definition) is 2. The SMILES string of the molecule is COCCn1nnc(C2CN(C(=O)CNS(C)(=O)=O)CCO2)n1.O=CO. The van der Waals surface area contributed by atoms with Gasteiger partial charge in [0, 0.05) is 13.7 Å². The molecule has 0 radical (unpaired) electrons. The second-order valence-electron chi connectivity index (χ2n) is 5.13. The molecule has 148 valence electrons. The predicted molar refractivity (Wildman–Crippen MR) is 86.5 cm³/mol. The van der Waals surface area contributed by atoms with Crippen LogP contribution in [0.25, 0.3) is 0 Å². The number of rotatable bonds is 7. The lowest BCUT2D eigenvalue weighted by atomic mass is 10.2. The maximum absolute atomic E-state index is 12.0. The first-order chi connectivity index (χ1) is 12.3. The standard InChI is InChI=1S/C11H20N6O5S.CH2O2/c1-21-5-4-17-14-11(13-15-17)9-8-16(3-6-22-9)10(18)7-12-23(2,19)20;2-1-3/h9,12H,3-8H2,1-2H3;1H,(H,2,3). The lowest BCUT2D eigenvalue weighted by Crippen LogP contribution is -2.46. The van der Waals surface area contributed by atoms with Gasteiger partial charge in [0.2, 0.25) is 21.8 Å². The van der Waals surface area contributed by atoms with Crippen molar-refractivity contribution in [3.63, 3.8) is 0 Å². The summed E-state index contributed by atoms with van der Waals surface area (Å²) in [6, 6.07) is 0. The molecule has 0 saturated carbocycles. The molecule has 26 heavy (non-hydrogen) atoms. The van der Waals surface area contributed by atoms with Crippen molar-refractivity contribution in [1.29, 1.82) is 0 Å². The number of aromatic nitrogens is 4. The monoisotopic (exact) mass is 394 g/mol. The minimum Gasteiger partial charge on any atom is -0.483 e. The average molecular weight is 394 g/mol. The number of ether oxygens (including phenoxy) is 2. The predicted octanol–water partition coefficient (Wildman–Crippen LogP) is -2.53. The molecule has 2 heterocycles. The fourth-order valence-corrected chi connectivity index (χ4v) is 2.37. The first-order valence-electron chi connectivity index (χ1n) is 7.49. The van der Waals surface area contributed by atoms with Crippen molar-refractivity contribution >= 4 is 22.4 Å². The summed E-state index contributed by atoms with van der Waals surface area (Å²) < 4.78 is 34.8. The number of sulfonamides is 1. The van der Waals surface area contributed by atoms with Crippen molar-refractivity contribution in [2.75, 3.05) is 46.2 Å². The Morgan fingerprint density at radius 3 is 2.85 bits per heavy atom. The number of amides is 1. The van der Waals surface area contributed by atoms with Crippen LogP contribution in [0.2, 0.25) is 0 Å². The van der Waals surface area contributed by atoms with Crippen LogP contribution in [0.1, 0.15) is 11.9 Å². The van der Waals surface area contributed by atoms with E-state index in [1.54, 1.807) is 7.11 Å². The van der Waals surface area contributed by atoms with E-state index in [1.165, 1.54) is 9.70 Å². The average Bonchev–Trinajstić information content (AvgIpc) is 3.07. The van der Waals surface area contributed by atoms with Gasteiger partial charge >= 0.3 is 0 Å². The molecule has 1 atom stereocenters. The molecule has 0 aliphatic carbocycles. The van der Waals surface area contributed by atoms with Crippen LogP contribution in [0.5, 0.6) is 0 Å². The number of hydrogen-bond acceptors (Lipinski definition) is 9. The molecule has 2 N–H and O–H groups in total. The highest BCUT2D eigenvalue weighted by molar-refractivity contribution is 7.88. The molecule has 14 heteroatoms. The summed E-state index contributed by atoms with van der Waals surface area (Å²) in [6.45, 7) is 1.36. The summed E-state index contributed by atoms with van der Waals surface area (Å²) in [5, 5.41) is 18.9. The van der Waals surface area contributed by atoms with Gasteiger partial charge in [0.1, 0.15) is 6.10 Å². The van der Waals surface area contributed by atoms with Crippen LogP contribution in [0.15, 0.2) is 0 Å². The molecular weight excluding hydrogens is 372 g/mol. The molecule has 1 aliphatic heterocycles. The van der Waals surface area contributed by atoms with Crippen molar-refractivity contribution < 1.29 is 32.6 Å². The summed E-state index contributed by atoms with van der Waals surface area (Å²) in [5.41, 5.74) is 0. The van der Waals surface area contributed by atoms with Crippen molar-refractivity contribution in [3.05, 3.63) is 5.82 Å². The van der Waals surface area contributed by atoms with Crippen molar-refractivity contribution in [2.24, 2.45) is 0 Å². The van der Waals surface area contributed by atoms with Gasteiger partial charge in [-0.2, -0.15) is 4.80 Å². The Labute approximate surface area is 150 Å². The number of carbonyl (C=O) groups excluding carboxylic acids is 1. The van der Waals surface area contributed by atoms with E-state index in [9.17, 15) is 13.2 Å². The zero-order valence-electron chi connectivity index (χ0n) is 14.4. The topological polar surface area (TPSA) is 166 Å². The quantitative estimate of drug-likeness (QED) is 0.471. The van der Waals surface area contributed by atoms with E-state index in [4.69, 9.17) is 19.4 Å². The number of tetrazole rings is 1. The molecule has 0 spiro atoms. The van der Waals surface area contributed by atoms with Crippen LogP contribution in [0, 0.1) is 0 Å². The third kappa shape index (κ3) is 7.81. The van der Waals surface area contributed by atoms with Crippen LogP contribution in [0.3, 0.4) is 0 Å². The Morgan fingerprint density at radius 2 is 2.23 bits per heavy atom. The molecule has 1 aromatic heterocycles. The second-order valence-corrected chi connectivity index (χ2v) is 6.97. The molecule has 0 aromatic carbocycles. The van der Waals surface area contributed by atoms with Crippen LogP contribution in [-0.2, 0) is 35.6 Å². The van der Waals surface area contributed by atoms with E-state index in [-0.39, 0.29) is 25.5 Å². The highest BCUT2D eigenvalue weighted by Gasteiger charge is 2.28. The van der Waals surface area contributed by atoms with E-state index < -0.39 is 16.1 Å².